The summed E-state index contributed by atoms with van der Waals surface area (Å²) in [6.45, 7) is 2.27. The van der Waals surface area contributed by atoms with Crippen molar-refractivity contribution in [3.8, 4) is 6.07 Å². The zero-order valence-corrected chi connectivity index (χ0v) is 13.0. The molecule has 0 saturated heterocycles. The summed E-state index contributed by atoms with van der Waals surface area (Å²) in [5, 5.41) is 12.9. The van der Waals surface area contributed by atoms with Crippen molar-refractivity contribution in [2.45, 2.75) is 13.0 Å². The van der Waals surface area contributed by atoms with Gasteiger partial charge in [-0.2, -0.15) is 5.26 Å². The van der Waals surface area contributed by atoms with Crippen LogP contribution in [0, 0.1) is 18.3 Å². The predicted molar refractivity (Wildman–Crippen MR) is 82.3 cm³/mol. The number of oxazole rings is 1. The van der Waals surface area contributed by atoms with Gasteiger partial charge in [0.05, 0.1) is 6.04 Å². The molecule has 0 spiro atoms. The van der Waals surface area contributed by atoms with Gasteiger partial charge in [-0.25, -0.2) is 4.98 Å². The van der Waals surface area contributed by atoms with Crippen molar-refractivity contribution in [1.82, 2.24) is 9.88 Å². The molecule has 21 heavy (non-hydrogen) atoms. The molecule has 0 radical (unpaired) electrons. The van der Waals surface area contributed by atoms with Gasteiger partial charge < -0.3 is 14.6 Å². The molecule has 5 nitrogen and oxygen atoms in total. The summed E-state index contributed by atoms with van der Waals surface area (Å²) < 4.78 is 5.41. The number of nitrogens with zero attached hydrogens (tertiary/aromatic N) is 3. The average Bonchev–Trinajstić information content (AvgIpc) is 2.81. The van der Waals surface area contributed by atoms with E-state index >= 15 is 0 Å². The molecule has 6 heteroatoms. The Hall–Kier alpha value is -2.03. The summed E-state index contributed by atoms with van der Waals surface area (Å²) in [5.74, 6) is 0.863. The summed E-state index contributed by atoms with van der Waals surface area (Å²) in [4.78, 5) is 6.07. The van der Waals surface area contributed by atoms with Crippen molar-refractivity contribution >= 4 is 17.5 Å². The van der Waals surface area contributed by atoms with Crippen molar-refractivity contribution in [2.24, 2.45) is 0 Å². The molecule has 110 valence electrons. The van der Waals surface area contributed by atoms with Crippen molar-refractivity contribution in [3.05, 3.63) is 46.4 Å². The Kier molecular flexibility index (Phi) is 4.84. The number of aromatic nitrogens is 1. The third kappa shape index (κ3) is 3.54. The van der Waals surface area contributed by atoms with Crippen LogP contribution in [0.1, 0.15) is 23.2 Å². The number of halogens is 1. The lowest BCUT2D eigenvalue weighted by atomic mass is 10.1. The predicted octanol–water partition coefficient (Wildman–Crippen LogP) is 3.22. The van der Waals surface area contributed by atoms with Crippen LogP contribution in [0.15, 0.2) is 28.7 Å². The SMILES string of the molecule is Cc1nc(C#N)c(NC[C@@H](c2ccccc2Cl)N(C)C)o1. The van der Waals surface area contributed by atoms with E-state index in [1.807, 2.05) is 44.4 Å². The van der Waals surface area contributed by atoms with E-state index in [4.69, 9.17) is 21.3 Å². The van der Waals surface area contributed by atoms with Crippen LogP contribution < -0.4 is 5.32 Å². The first-order valence-electron chi connectivity index (χ1n) is 6.55. The largest absolute Gasteiger partial charge is 0.424 e. The summed E-state index contributed by atoms with van der Waals surface area (Å²) in [7, 11) is 3.96. The second-order valence-electron chi connectivity index (χ2n) is 4.90. The van der Waals surface area contributed by atoms with Crippen LogP contribution in [-0.4, -0.2) is 30.5 Å². The van der Waals surface area contributed by atoms with Gasteiger partial charge in [-0.3, -0.25) is 0 Å². The Morgan fingerprint density at radius 3 is 2.76 bits per heavy atom. The number of rotatable bonds is 5. The standard InChI is InChI=1S/C15H17ClN4O/c1-10-19-13(8-17)15(21-10)18-9-14(20(2)3)11-6-4-5-7-12(11)16/h4-7,14,18H,9H2,1-3H3/t14-/m0/s1. The van der Waals surface area contributed by atoms with Gasteiger partial charge in [0.15, 0.2) is 5.89 Å². The second kappa shape index (κ2) is 6.61. The Bertz CT molecular complexity index is 660. The number of hydrogen-bond acceptors (Lipinski definition) is 5. The highest BCUT2D eigenvalue weighted by Gasteiger charge is 2.18. The van der Waals surface area contributed by atoms with Gasteiger partial charge in [0.2, 0.25) is 11.6 Å². The fourth-order valence-corrected chi connectivity index (χ4v) is 2.39. The van der Waals surface area contributed by atoms with Crippen LogP contribution in [-0.2, 0) is 0 Å². The van der Waals surface area contributed by atoms with E-state index in [-0.39, 0.29) is 11.7 Å². The number of hydrogen-bond donors (Lipinski definition) is 1. The minimum atomic E-state index is 0.0515. The number of benzene rings is 1. The monoisotopic (exact) mass is 304 g/mol. The van der Waals surface area contributed by atoms with Crippen LogP contribution in [0.5, 0.6) is 0 Å². The maximum absolute atomic E-state index is 9.02. The topological polar surface area (TPSA) is 65.1 Å². The summed E-state index contributed by atoms with van der Waals surface area (Å²) in [6, 6.07) is 9.78. The summed E-state index contributed by atoms with van der Waals surface area (Å²) in [5.41, 5.74) is 1.29. The fourth-order valence-electron chi connectivity index (χ4n) is 2.13. The van der Waals surface area contributed by atoms with E-state index in [0.29, 0.717) is 23.3 Å². The number of aryl methyl sites for hydroxylation is 1. The van der Waals surface area contributed by atoms with Gasteiger partial charge in [-0.15, -0.1) is 0 Å². The van der Waals surface area contributed by atoms with Gasteiger partial charge in [0, 0.05) is 18.5 Å². The first-order valence-corrected chi connectivity index (χ1v) is 6.93. The van der Waals surface area contributed by atoms with Gasteiger partial charge in [-0.05, 0) is 25.7 Å². The third-order valence-corrected chi connectivity index (χ3v) is 3.53. The molecule has 0 unspecified atom stereocenters. The van der Waals surface area contributed by atoms with E-state index in [0.717, 1.165) is 5.56 Å². The van der Waals surface area contributed by atoms with E-state index in [9.17, 15) is 0 Å². The first kappa shape index (κ1) is 15.4. The number of likely N-dealkylation sites (N-methyl/N-ethyl adjacent to an activating group) is 1. The Labute approximate surface area is 129 Å². The number of nitrogens with one attached hydrogen (secondary N) is 1. The Balaban J connectivity index is 2.18. The third-order valence-electron chi connectivity index (χ3n) is 3.18. The van der Waals surface area contributed by atoms with Gasteiger partial charge in [0.25, 0.3) is 0 Å². The molecule has 0 aliphatic rings. The molecule has 0 aliphatic carbocycles. The van der Waals surface area contributed by atoms with E-state index < -0.39 is 0 Å². The second-order valence-corrected chi connectivity index (χ2v) is 5.31. The molecule has 2 aromatic rings. The molecule has 2 rings (SSSR count). The van der Waals surface area contributed by atoms with Crippen molar-refractivity contribution < 1.29 is 4.42 Å². The van der Waals surface area contributed by atoms with Gasteiger partial charge >= 0.3 is 0 Å². The molecule has 1 aromatic carbocycles. The highest BCUT2D eigenvalue weighted by atomic mass is 35.5. The van der Waals surface area contributed by atoms with E-state index in [2.05, 4.69) is 15.2 Å². The minimum Gasteiger partial charge on any atom is -0.424 e. The van der Waals surface area contributed by atoms with E-state index in [1.165, 1.54) is 0 Å². The van der Waals surface area contributed by atoms with E-state index in [1.54, 1.807) is 6.92 Å². The van der Waals surface area contributed by atoms with Crippen LogP contribution in [0.3, 0.4) is 0 Å². The Morgan fingerprint density at radius 2 is 2.14 bits per heavy atom. The molecule has 0 bridgehead atoms. The number of nitriles is 1. The van der Waals surface area contributed by atoms with Gasteiger partial charge in [0.1, 0.15) is 6.07 Å². The lowest BCUT2D eigenvalue weighted by Crippen LogP contribution is -2.27. The smallest absolute Gasteiger partial charge is 0.232 e. The zero-order chi connectivity index (χ0) is 15.4. The first-order chi connectivity index (χ1) is 10.0. The van der Waals surface area contributed by atoms with Crippen LogP contribution in [0.2, 0.25) is 5.02 Å². The molecule has 1 aromatic heterocycles. The molecular formula is C15H17ClN4O. The normalized spacial score (nSPS) is 12.2. The molecule has 1 atom stereocenters. The van der Waals surface area contributed by atoms with Crippen molar-refractivity contribution in [3.63, 3.8) is 0 Å². The lowest BCUT2D eigenvalue weighted by molar-refractivity contribution is 0.310. The Morgan fingerprint density at radius 1 is 1.43 bits per heavy atom. The minimum absolute atomic E-state index is 0.0515. The lowest BCUT2D eigenvalue weighted by Gasteiger charge is -2.25. The molecule has 1 N–H and O–H groups in total. The van der Waals surface area contributed by atoms with Crippen molar-refractivity contribution in [1.29, 1.82) is 5.26 Å². The van der Waals surface area contributed by atoms with Crippen molar-refractivity contribution in [2.75, 3.05) is 26.0 Å². The quantitative estimate of drug-likeness (QED) is 0.918. The highest BCUT2D eigenvalue weighted by Crippen LogP contribution is 2.27. The number of anilines is 1. The molecule has 0 fully saturated rings. The van der Waals surface area contributed by atoms with Crippen LogP contribution in [0.4, 0.5) is 5.88 Å². The van der Waals surface area contributed by atoms with Crippen LogP contribution >= 0.6 is 11.6 Å². The maximum atomic E-state index is 9.02. The average molecular weight is 305 g/mol. The summed E-state index contributed by atoms with van der Waals surface area (Å²) >= 11 is 6.26. The molecular weight excluding hydrogens is 288 g/mol. The van der Waals surface area contributed by atoms with Crippen LogP contribution in [0.25, 0.3) is 0 Å². The highest BCUT2D eigenvalue weighted by molar-refractivity contribution is 6.31. The van der Waals surface area contributed by atoms with Gasteiger partial charge in [-0.1, -0.05) is 29.8 Å². The molecule has 1 heterocycles. The maximum Gasteiger partial charge on any atom is 0.232 e. The molecule has 0 aliphatic heterocycles. The summed E-state index contributed by atoms with van der Waals surface area (Å²) in [6.07, 6.45) is 0. The zero-order valence-electron chi connectivity index (χ0n) is 12.2. The fraction of sp³-hybridized carbons (Fsp3) is 0.333. The molecule has 0 amide bonds. The molecule has 0 saturated carbocycles.